The van der Waals surface area contributed by atoms with E-state index in [0.29, 0.717) is 0 Å². The van der Waals surface area contributed by atoms with E-state index in [-0.39, 0.29) is 5.41 Å². The molecule has 2 rings (SSSR count). The number of aryl methyl sites for hydroxylation is 2. The van der Waals surface area contributed by atoms with Crippen LogP contribution in [-0.4, -0.2) is 26.3 Å². The molecule has 0 radical (unpaired) electrons. The van der Waals surface area contributed by atoms with E-state index in [1.54, 1.807) is 11.3 Å². The van der Waals surface area contributed by atoms with Gasteiger partial charge in [0.1, 0.15) is 0 Å². The van der Waals surface area contributed by atoms with E-state index in [1.807, 2.05) is 19.9 Å². The molecule has 2 N–H and O–H groups in total. The van der Waals surface area contributed by atoms with Crippen molar-refractivity contribution in [3.8, 4) is 10.7 Å². The molecule has 0 unspecified atom stereocenters. The van der Waals surface area contributed by atoms with E-state index in [0.717, 1.165) is 17.2 Å². The number of carbonyl (C=O) groups is 1. The van der Waals surface area contributed by atoms with Gasteiger partial charge in [0.05, 0.1) is 4.88 Å². The minimum absolute atomic E-state index is 0.135. The maximum Gasteiger partial charge on any atom is 0.503 e. The normalized spacial score (nSPS) is 10.7. The van der Waals surface area contributed by atoms with Gasteiger partial charge in [0, 0.05) is 11.4 Å². The molecule has 0 atom stereocenters. The van der Waals surface area contributed by atoms with E-state index in [4.69, 9.17) is 15.0 Å². The van der Waals surface area contributed by atoms with Crippen molar-refractivity contribution in [3.05, 3.63) is 34.5 Å². The fourth-order valence-electron chi connectivity index (χ4n) is 1.90. The molecule has 0 spiro atoms. The van der Waals surface area contributed by atoms with Crippen molar-refractivity contribution < 1.29 is 15.0 Å². The van der Waals surface area contributed by atoms with Gasteiger partial charge >= 0.3 is 6.16 Å². The Balaban J connectivity index is 0.000000491. The van der Waals surface area contributed by atoms with E-state index in [1.165, 1.54) is 10.4 Å². The van der Waals surface area contributed by atoms with Gasteiger partial charge in [0.2, 0.25) is 0 Å². The minimum atomic E-state index is -1.83. The van der Waals surface area contributed by atoms with Crippen LogP contribution >= 0.6 is 11.3 Å². The summed E-state index contributed by atoms with van der Waals surface area (Å²) in [5.41, 5.74) is 3.52. The predicted octanol–water partition coefficient (Wildman–Crippen LogP) is 4.34. The third-order valence-corrected chi connectivity index (χ3v) is 3.57. The van der Waals surface area contributed by atoms with Gasteiger partial charge in [-0.05, 0) is 42.3 Å². The van der Waals surface area contributed by atoms with E-state index in [2.05, 4.69) is 42.2 Å². The second-order valence-corrected chi connectivity index (χ2v) is 6.59. The van der Waals surface area contributed by atoms with Crippen molar-refractivity contribution in [1.29, 1.82) is 0 Å². The lowest BCUT2D eigenvalue weighted by atomic mass is 9.87. The number of hydrogen-bond donors (Lipinski definition) is 2. The zero-order chi connectivity index (χ0) is 16.2. The molecule has 2 heterocycles. The molecule has 0 fully saturated rings. The van der Waals surface area contributed by atoms with Crippen LogP contribution in [-0.2, 0) is 5.41 Å². The maximum absolute atomic E-state index is 8.56. The molecule has 0 aliphatic rings. The monoisotopic (exact) mass is 308 g/mol. The standard InChI is InChI=1S/C14H18N2S.CH2O3/c1-9-8-10(2)16-13(15-9)12-11(6-7-17-12)14(3,4)5;2-1(3)4/h6-8H,1-5H3;(H2,2,3,4). The van der Waals surface area contributed by atoms with Crippen LogP contribution < -0.4 is 0 Å². The summed E-state index contributed by atoms with van der Waals surface area (Å²) < 4.78 is 0. The van der Waals surface area contributed by atoms with Crippen LogP contribution in [0.4, 0.5) is 4.79 Å². The summed E-state index contributed by atoms with van der Waals surface area (Å²) in [7, 11) is 0. The third kappa shape index (κ3) is 5.15. The zero-order valence-corrected chi connectivity index (χ0v) is 13.7. The SMILES string of the molecule is Cc1cc(C)nc(-c2sccc2C(C)(C)C)n1.O=C(O)O. The number of hydrogen-bond acceptors (Lipinski definition) is 4. The second kappa shape index (κ2) is 6.67. The summed E-state index contributed by atoms with van der Waals surface area (Å²) in [5.74, 6) is 0.863. The van der Waals surface area contributed by atoms with Crippen LogP contribution in [0, 0.1) is 13.8 Å². The fourth-order valence-corrected chi connectivity index (χ4v) is 2.94. The van der Waals surface area contributed by atoms with Crippen LogP contribution in [0.2, 0.25) is 0 Å². The highest BCUT2D eigenvalue weighted by Crippen LogP contribution is 2.35. The number of carboxylic acid groups (broad SMARTS) is 2. The van der Waals surface area contributed by atoms with Gasteiger partial charge in [-0.15, -0.1) is 11.3 Å². The Morgan fingerprint density at radius 2 is 1.62 bits per heavy atom. The van der Waals surface area contributed by atoms with Crippen molar-refractivity contribution in [3.63, 3.8) is 0 Å². The van der Waals surface area contributed by atoms with Gasteiger partial charge in [-0.2, -0.15) is 0 Å². The smallest absolute Gasteiger partial charge is 0.450 e. The lowest BCUT2D eigenvalue weighted by Gasteiger charge is -2.19. The summed E-state index contributed by atoms with van der Waals surface area (Å²) in [6.45, 7) is 10.7. The summed E-state index contributed by atoms with van der Waals surface area (Å²) in [5, 5.41) is 16.1. The molecule has 114 valence electrons. The summed E-state index contributed by atoms with van der Waals surface area (Å²) in [6, 6.07) is 4.19. The molecule has 0 saturated heterocycles. The summed E-state index contributed by atoms with van der Waals surface area (Å²) in [4.78, 5) is 18.9. The Hall–Kier alpha value is -1.95. The quantitative estimate of drug-likeness (QED) is 0.818. The van der Waals surface area contributed by atoms with Gasteiger partial charge in [-0.1, -0.05) is 20.8 Å². The first kappa shape index (κ1) is 17.1. The highest BCUT2D eigenvalue weighted by molar-refractivity contribution is 7.13. The highest BCUT2D eigenvalue weighted by Gasteiger charge is 2.21. The number of rotatable bonds is 1. The summed E-state index contributed by atoms with van der Waals surface area (Å²) in [6.07, 6.45) is -1.83. The maximum atomic E-state index is 8.56. The molecule has 0 amide bonds. The van der Waals surface area contributed by atoms with Gasteiger partial charge in [0.15, 0.2) is 5.82 Å². The van der Waals surface area contributed by atoms with E-state index >= 15 is 0 Å². The molecular weight excluding hydrogens is 288 g/mol. The zero-order valence-electron chi connectivity index (χ0n) is 12.8. The molecular formula is C15H20N2O3S. The average molecular weight is 308 g/mol. The van der Waals surface area contributed by atoms with Crippen LogP contribution in [0.3, 0.4) is 0 Å². The van der Waals surface area contributed by atoms with E-state index < -0.39 is 6.16 Å². The lowest BCUT2D eigenvalue weighted by molar-refractivity contribution is 0.137. The van der Waals surface area contributed by atoms with Gasteiger partial charge in [-0.25, -0.2) is 14.8 Å². The number of nitrogens with zero attached hydrogens (tertiary/aromatic N) is 2. The Labute approximate surface area is 128 Å². The van der Waals surface area contributed by atoms with E-state index in [9.17, 15) is 0 Å². The minimum Gasteiger partial charge on any atom is -0.450 e. The largest absolute Gasteiger partial charge is 0.503 e. The molecule has 0 aromatic carbocycles. The van der Waals surface area contributed by atoms with Crippen molar-refractivity contribution >= 4 is 17.5 Å². The first-order valence-electron chi connectivity index (χ1n) is 6.43. The second-order valence-electron chi connectivity index (χ2n) is 5.67. The van der Waals surface area contributed by atoms with Crippen LogP contribution in [0.15, 0.2) is 17.5 Å². The first-order valence-corrected chi connectivity index (χ1v) is 7.31. The van der Waals surface area contributed by atoms with Crippen molar-refractivity contribution in [2.45, 2.75) is 40.0 Å². The van der Waals surface area contributed by atoms with Crippen molar-refractivity contribution in [2.24, 2.45) is 0 Å². The molecule has 6 heteroatoms. The van der Waals surface area contributed by atoms with Gasteiger partial charge < -0.3 is 10.2 Å². The van der Waals surface area contributed by atoms with Crippen LogP contribution in [0.5, 0.6) is 0 Å². The molecule has 5 nitrogen and oxygen atoms in total. The van der Waals surface area contributed by atoms with Crippen LogP contribution in [0.25, 0.3) is 10.7 Å². The van der Waals surface area contributed by atoms with Crippen molar-refractivity contribution in [1.82, 2.24) is 9.97 Å². The fraction of sp³-hybridized carbons (Fsp3) is 0.400. The predicted molar refractivity (Wildman–Crippen MR) is 84.2 cm³/mol. The first-order chi connectivity index (χ1) is 9.61. The molecule has 0 aliphatic heterocycles. The molecule has 2 aromatic heterocycles. The number of thiophene rings is 1. The Kier molecular flexibility index (Phi) is 5.43. The molecule has 2 aromatic rings. The van der Waals surface area contributed by atoms with Gasteiger partial charge in [-0.3, -0.25) is 0 Å². The molecule has 0 aliphatic carbocycles. The molecule has 21 heavy (non-hydrogen) atoms. The topological polar surface area (TPSA) is 83.3 Å². The highest BCUT2D eigenvalue weighted by atomic mass is 32.1. The molecule has 0 saturated carbocycles. The Morgan fingerprint density at radius 1 is 1.14 bits per heavy atom. The molecule has 0 bridgehead atoms. The third-order valence-electron chi connectivity index (χ3n) is 2.66. The number of aromatic nitrogens is 2. The van der Waals surface area contributed by atoms with Crippen molar-refractivity contribution in [2.75, 3.05) is 0 Å². The Bertz CT molecular complexity index is 606. The average Bonchev–Trinajstić information content (AvgIpc) is 2.74. The van der Waals surface area contributed by atoms with Gasteiger partial charge in [0.25, 0.3) is 0 Å². The summed E-state index contributed by atoms with van der Waals surface area (Å²) >= 11 is 1.72. The van der Waals surface area contributed by atoms with Crippen LogP contribution in [0.1, 0.15) is 37.7 Å². The Morgan fingerprint density at radius 3 is 2.05 bits per heavy atom. The lowest BCUT2D eigenvalue weighted by Crippen LogP contribution is -2.11.